The van der Waals surface area contributed by atoms with Crippen LogP contribution < -0.4 is 24.3 Å². The summed E-state index contributed by atoms with van der Waals surface area (Å²) in [5, 5.41) is 3.41. The number of unbranched alkanes of at least 4 members (excludes halogenated alkanes) is 1. The molecule has 1 aliphatic carbocycles. The highest BCUT2D eigenvalue weighted by Gasteiger charge is 2.42. The van der Waals surface area contributed by atoms with Crippen LogP contribution in [0.5, 0.6) is 23.0 Å². The summed E-state index contributed by atoms with van der Waals surface area (Å²) >= 11 is 3.61. The Morgan fingerprint density at radius 3 is 2.37 bits per heavy atom. The zero-order valence-electron chi connectivity index (χ0n) is 24.5. The van der Waals surface area contributed by atoms with Gasteiger partial charge in [-0.2, -0.15) is 0 Å². The number of methoxy groups -OCH3 is 3. The molecule has 8 nitrogen and oxygen atoms in total. The average molecular weight is 629 g/mol. The molecule has 1 aliphatic heterocycles. The molecule has 2 atom stereocenters. The van der Waals surface area contributed by atoms with Crippen LogP contribution in [0.2, 0.25) is 0 Å². The Labute approximate surface area is 250 Å². The summed E-state index contributed by atoms with van der Waals surface area (Å²) < 4.78 is 28.7. The van der Waals surface area contributed by atoms with Gasteiger partial charge in [-0.3, -0.25) is 4.79 Å². The van der Waals surface area contributed by atoms with Crippen molar-refractivity contribution >= 4 is 27.7 Å². The summed E-state index contributed by atoms with van der Waals surface area (Å²) in [5.41, 5.74) is 4.21. The quantitative estimate of drug-likeness (QED) is 0.221. The van der Waals surface area contributed by atoms with Crippen LogP contribution >= 0.6 is 15.9 Å². The van der Waals surface area contributed by atoms with Crippen molar-refractivity contribution < 1.29 is 33.3 Å². The molecular weight excluding hydrogens is 590 g/mol. The number of hydrogen-bond donors (Lipinski definition) is 1. The van der Waals surface area contributed by atoms with Gasteiger partial charge in [-0.1, -0.05) is 19.4 Å². The van der Waals surface area contributed by atoms with Crippen molar-refractivity contribution in [2.75, 3.05) is 34.5 Å². The molecule has 0 amide bonds. The van der Waals surface area contributed by atoms with Crippen LogP contribution in [-0.2, 0) is 14.3 Å². The van der Waals surface area contributed by atoms with Gasteiger partial charge < -0.3 is 29.0 Å². The molecule has 220 valence electrons. The average Bonchev–Trinajstić information content (AvgIpc) is 2.96. The van der Waals surface area contributed by atoms with Crippen molar-refractivity contribution in [1.82, 2.24) is 5.32 Å². The largest absolute Gasteiger partial charge is 0.493 e. The van der Waals surface area contributed by atoms with E-state index in [-0.39, 0.29) is 11.7 Å². The van der Waals surface area contributed by atoms with Crippen LogP contribution in [0.1, 0.15) is 69.4 Å². The third-order valence-corrected chi connectivity index (χ3v) is 8.12. The third-order valence-electron chi connectivity index (χ3n) is 7.53. The number of carbonyl (C=O) groups excluding carboxylic acids is 2. The van der Waals surface area contributed by atoms with E-state index in [0.29, 0.717) is 70.4 Å². The predicted molar refractivity (Wildman–Crippen MR) is 160 cm³/mol. The summed E-state index contributed by atoms with van der Waals surface area (Å²) in [6, 6.07) is 9.51. The van der Waals surface area contributed by atoms with Crippen molar-refractivity contribution in [1.29, 1.82) is 0 Å². The maximum atomic E-state index is 14.0. The first-order valence-corrected chi connectivity index (χ1v) is 14.7. The van der Waals surface area contributed by atoms with Crippen molar-refractivity contribution in [3.63, 3.8) is 0 Å². The molecule has 0 saturated heterocycles. The Morgan fingerprint density at radius 2 is 1.71 bits per heavy atom. The van der Waals surface area contributed by atoms with Gasteiger partial charge >= 0.3 is 5.97 Å². The first-order chi connectivity index (χ1) is 19.8. The number of esters is 1. The molecule has 9 heteroatoms. The number of halogens is 1. The Morgan fingerprint density at radius 1 is 0.976 bits per heavy atom. The van der Waals surface area contributed by atoms with Gasteiger partial charge in [0.25, 0.3) is 0 Å². The second-order valence-electron chi connectivity index (χ2n) is 10.1. The SMILES string of the molecule is CCCCOC(=O)C1=C(C)NC2=C(C(=O)C[C@H](c3ccc(OC)c(OC)c3)C2)[C@@H]1c1cc(Br)c(OC)c(OCC)c1. The lowest BCUT2D eigenvalue weighted by Gasteiger charge is -2.37. The van der Waals surface area contributed by atoms with Gasteiger partial charge in [0.2, 0.25) is 0 Å². The number of rotatable bonds is 11. The third kappa shape index (κ3) is 6.25. The van der Waals surface area contributed by atoms with E-state index in [0.717, 1.165) is 29.7 Å². The number of carbonyl (C=O) groups is 2. The van der Waals surface area contributed by atoms with Gasteiger partial charge in [0.1, 0.15) is 0 Å². The molecule has 2 aromatic carbocycles. The zero-order chi connectivity index (χ0) is 29.7. The summed E-state index contributed by atoms with van der Waals surface area (Å²) in [7, 11) is 4.77. The lowest BCUT2D eigenvalue weighted by Crippen LogP contribution is -2.36. The van der Waals surface area contributed by atoms with E-state index in [2.05, 4.69) is 21.2 Å². The molecule has 41 heavy (non-hydrogen) atoms. The number of Topliss-reactive ketones (excluding diaryl/α,β-unsaturated/α-hetero) is 1. The minimum absolute atomic E-state index is 0.0280. The number of dihydropyridines is 1. The Bertz CT molecular complexity index is 1380. The van der Waals surface area contributed by atoms with Gasteiger partial charge in [0.15, 0.2) is 28.8 Å². The van der Waals surface area contributed by atoms with E-state index in [1.54, 1.807) is 21.3 Å². The molecule has 0 bridgehead atoms. The molecule has 2 aromatic rings. The molecule has 0 radical (unpaired) electrons. The fraction of sp³-hybridized carbons (Fsp3) is 0.438. The molecule has 0 fully saturated rings. The topological polar surface area (TPSA) is 92.3 Å². The lowest BCUT2D eigenvalue weighted by atomic mass is 9.71. The minimum atomic E-state index is -0.624. The van der Waals surface area contributed by atoms with Gasteiger partial charge in [0, 0.05) is 29.3 Å². The maximum absolute atomic E-state index is 14.0. The van der Waals surface area contributed by atoms with Crippen LogP contribution in [0.25, 0.3) is 0 Å². The van der Waals surface area contributed by atoms with Crippen LogP contribution in [0.3, 0.4) is 0 Å². The Hall–Kier alpha value is -3.46. The van der Waals surface area contributed by atoms with Crippen LogP contribution in [0.15, 0.2) is 57.3 Å². The maximum Gasteiger partial charge on any atom is 0.336 e. The zero-order valence-corrected chi connectivity index (χ0v) is 26.1. The molecule has 4 rings (SSSR count). The van der Waals surface area contributed by atoms with Crippen molar-refractivity contribution in [2.24, 2.45) is 0 Å². The number of ether oxygens (including phenoxy) is 5. The molecule has 0 spiro atoms. The number of benzene rings is 2. The highest BCUT2D eigenvalue weighted by Crippen LogP contribution is 2.49. The standard InChI is InChI=1S/C32H38BrNO7/c1-7-9-12-41-32(36)28-18(3)34-23-14-20(19-10-11-25(37-4)26(16-19)38-5)15-24(35)30(23)29(28)21-13-22(33)31(39-6)27(17-21)40-8-2/h10-11,13,16-17,20,29,34H,7-9,12,14-15H2,1-6H3/t20-,29-/m1/s1. The van der Waals surface area contributed by atoms with Gasteiger partial charge in [-0.15, -0.1) is 0 Å². The summed E-state index contributed by atoms with van der Waals surface area (Å²) in [4.78, 5) is 27.6. The highest BCUT2D eigenvalue weighted by molar-refractivity contribution is 9.10. The minimum Gasteiger partial charge on any atom is -0.493 e. The van der Waals surface area contributed by atoms with Gasteiger partial charge in [0.05, 0.1) is 44.6 Å². The number of nitrogens with one attached hydrogen (secondary N) is 1. The highest BCUT2D eigenvalue weighted by atomic mass is 79.9. The van der Waals surface area contributed by atoms with Crippen molar-refractivity contribution in [3.8, 4) is 23.0 Å². The molecule has 2 aliphatic rings. The number of ketones is 1. The van der Waals surface area contributed by atoms with Gasteiger partial charge in [-0.25, -0.2) is 4.79 Å². The summed E-state index contributed by atoms with van der Waals surface area (Å²) in [5.74, 6) is 1.18. The van der Waals surface area contributed by atoms with E-state index in [1.165, 1.54) is 0 Å². The fourth-order valence-corrected chi connectivity index (χ4v) is 6.21. The van der Waals surface area contributed by atoms with E-state index >= 15 is 0 Å². The molecule has 0 unspecified atom stereocenters. The Kier molecular flexibility index (Phi) is 10.0. The van der Waals surface area contributed by atoms with E-state index in [1.807, 2.05) is 51.1 Å². The van der Waals surface area contributed by atoms with E-state index in [4.69, 9.17) is 23.7 Å². The van der Waals surface area contributed by atoms with Crippen LogP contribution in [-0.4, -0.2) is 46.3 Å². The fourth-order valence-electron chi connectivity index (χ4n) is 5.59. The monoisotopic (exact) mass is 627 g/mol. The first kappa shape index (κ1) is 30.5. The summed E-state index contributed by atoms with van der Waals surface area (Å²) in [6.45, 7) is 6.54. The lowest BCUT2D eigenvalue weighted by molar-refractivity contribution is -0.139. The molecular formula is C32H38BrNO7. The van der Waals surface area contributed by atoms with E-state index < -0.39 is 11.9 Å². The smallest absolute Gasteiger partial charge is 0.336 e. The predicted octanol–water partition coefficient (Wildman–Crippen LogP) is 6.58. The normalized spacial score (nSPS) is 18.5. The number of hydrogen-bond acceptors (Lipinski definition) is 8. The van der Waals surface area contributed by atoms with Crippen LogP contribution in [0.4, 0.5) is 0 Å². The van der Waals surface area contributed by atoms with Gasteiger partial charge in [-0.05, 0) is 83.9 Å². The molecule has 1 heterocycles. The molecule has 0 saturated carbocycles. The Balaban J connectivity index is 1.82. The molecule has 0 aromatic heterocycles. The van der Waals surface area contributed by atoms with Crippen molar-refractivity contribution in [3.05, 3.63) is 68.5 Å². The van der Waals surface area contributed by atoms with E-state index in [9.17, 15) is 9.59 Å². The second-order valence-corrected chi connectivity index (χ2v) is 10.9. The van der Waals surface area contributed by atoms with Crippen LogP contribution in [0, 0.1) is 0 Å². The first-order valence-electron chi connectivity index (χ1n) is 13.9. The molecule has 1 N–H and O–H groups in total. The summed E-state index contributed by atoms with van der Waals surface area (Å²) in [6.07, 6.45) is 2.55. The number of allylic oxidation sites excluding steroid dienone is 3. The van der Waals surface area contributed by atoms with Crippen molar-refractivity contribution in [2.45, 2.75) is 58.3 Å². The second kappa shape index (κ2) is 13.5.